The summed E-state index contributed by atoms with van der Waals surface area (Å²) in [6.07, 6.45) is 1.66. The van der Waals surface area contributed by atoms with Crippen LogP contribution in [0.5, 0.6) is 0 Å². The van der Waals surface area contributed by atoms with Crippen LogP contribution in [0.1, 0.15) is 35.7 Å². The number of furan rings is 1. The molecule has 3 aromatic heterocycles. The molecule has 4 aromatic rings. The Labute approximate surface area is 189 Å². The van der Waals surface area contributed by atoms with Gasteiger partial charge in [0.15, 0.2) is 5.11 Å². The predicted molar refractivity (Wildman–Crippen MR) is 124 cm³/mol. The number of thiocarbonyl (C=S) groups is 1. The van der Waals surface area contributed by atoms with Gasteiger partial charge in [-0.05, 0) is 55.2 Å². The largest absolute Gasteiger partial charge is 0.467 e. The molecule has 1 atom stereocenters. The molecule has 31 heavy (non-hydrogen) atoms. The molecule has 4 heterocycles. The number of aryl methyl sites for hydroxylation is 1. The van der Waals surface area contributed by atoms with E-state index in [2.05, 4.69) is 41.7 Å². The van der Waals surface area contributed by atoms with Gasteiger partial charge < -0.3 is 19.2 Å². The van der Waals surface area contributed by atoms with Crippen molar-refractivity contribution in [3.63, 3.8) is 0 Å². The third-order valence-corrected chi connectivity index (χ3v) is 6.50. The van der Waals surface area contributed by atoms with E-state index in [1.807, 2.05) is 41.5 Å². The maximum absolute atomic E-state index is 5.75. The zero-order chi connectivity index (χ0) is 21.4. The summed E-state index contributed by atoms with van der Waals surface area (Å²) in [5, 5.41) is 10.3. The Hall–Kier alpha value is -3.23. The second-order valence-corrected chi connectivity index (χ2v) is 8.69. The van der Waals surface area contributed by atoms with Crippen molar-refractivity contribution in [2.24, 2.45) is 0 Å². The summed E-state index contributed by atoms with van der Waals surface area (Å²) >= 11 is 7.31. The van der Waals surface area contributed by atoms with E-state index in [9.17, 15) is 0 Å². The molecular formula is C23H20N4O2S2. The van der Waals surface area contributed by atoms with Gasteiger partial charge in [-0.2, -0.15) is 4.98 Å². The molecule has 1 aliphatic heterocycles. The number of aromatic nitrogens is 2. The number of nitrogens with one attached hydrogen (secondary N) is 1. The van der Waals surface area contributed by atoms with Crippen LogP contribution in [0, 0.1) is 6.92 Å². The van der Waals surface area contributed by atoms with Gasteiger partial charge in [-0.25, -0.2) is 0 Å². The summed E-state index contributed by atoms with van der Waals surface area (Å²) in [6, 6.07) is 15.9. The molecule has 1 N–H and O–H groups in total. The van der Waals surface area contributed by atoms with Gasteiger partial charge >= 0.3 is 0 Å². The smallest absolute Gasteiger partial charge is 0.258 e. The van der Waals surface area contributed by atoms with E-state index in [1.165, 1.54) is 5.56 Å². The lowest BCUT2D eigenvalue weighted by Gasteiger charge is -2.37. The van der Waals surface area contributed by atoms with Crippen molar-refractivity contribution in [1.29, 1.82) is 0 Å². The fourth-order valence-electron chi connectivity index (χ4n) is 3.65. The molecule has 0 amide bonds. The van der Waals surface area contributed by atoms with E-state index in [0.29, 0.717) is 23.4 Å². The Balaban J connectivity index is 1.60. The highest BCUT2D eigenvalue weighted by atomic mass is 32.1. The van der Waals surface area contributed by atoms with E-state index in [-0.39, 0.29) is 6.04 Å². The zero-order valence-electron chi connectivity index (χ0n) is 17.0. The number of hydrogen-bond acceptors (Lipinski definition) is 6. The summed E-state index contributed by atoms with van der Waals surface area (Å²) in [4.78, 5) is 7.69. The van der Waals surface area contributed by atoms with Crippen molar-refractivity contribution in [1.82, 2.24) is 20.4 Å². The molecule has 6 nitrogen and oxygen atoms in total. The van der Waals surface area contributed by atoms with Crippen molar-refractivity contribution in [3.8, 4) is 10.7 Å². The van der Waals surface area contributed by atoms with E-state index in [4.69, 9.17) is 26.1 Å². The molecule has 1 aliphatic rings. The van der Waals surface area contributed by atoms with Crippen LogP contribution < -0.4 is 5.32 Å². The van der Waals surface area contributed by atoms with Gasteiger partial charge in [-0.15, -0.1) is 11.3 Å². The Morgan fingerprint density at radius 2 is 1.97 bits per heavy atom. The molecule has 156 valence electrons. The van der Waals surface area contributed by atoms with Crippen LogP contribution in [-0.4, -0.2) is 20.2 Å². The Morgan fingerprint density at radius 3 is 2.68 bits per heavy atom. The number of rotatable bonds is 5. The Kier molecular flexibility index (Phi) is 5.17. The Bertz CT molecular complexity index is 1230. The number of thiophene rings is 1. The van der Waals surface area contributed by atoms with Crippen LogP contribution in [0.15, 0.2) is 74.8 Å². The average molecular weight is 449 g/mol. The number of nitrogens with zero attached hydrogens (tertiary/aromatic N) is 3. The molecular weight excluding hydrogens is 428 g/mol. The number of allylic oxidation sites excluding steroid dienone is 1. The van der Waals surface area contributed by atoms with Gasteiger partial charge in [-0.3, -0.25) is 0 Å². The quantitative estimate of drug-likeness (QED) is 0.401. The third-order valence-electron chi connectivity index (χ3n) is 5.30. The molecule has 0 saturated heterocycles. The summed E-state index contributed by atoms with van der Waals surface area (Å²) in [5.74, 6) is 1.88. The van der Waals surface area contributed by atoms with Gasteiger partial charge in [-0.1, -0.05) is 41.1 Å². The first-order valence-corrected chi connectivity index (χ1v) is 11.1. The topological polar surface area (TPSA) is 67.3 Å². The monoisotopic (exact) mass is 448 g/mol. The minimum absolute atomic E-state index is 0.197. The second kappa shape index (κ2) is 8.13. The maximum Gasteiger partial charge on any atom is 0.258 e. The summed E-state index contributed by atoms with van der Waals surface area (Å²) in [5.41, 5.74) is 4.13. The first-order valence-electron chi connectivity index (χ1n) is 9.86. The molecule has 0 radical (unpaired) electrons. The molecule has 0 aliphatic carbocycles. The molecule has 1 aromatic carbocycles. The number of benzene rings is 1. The molecule has 1 unspecified atom stereocenters. The number of hydrogen-bond donors (Lipinski definition) is 1. The standard InChI is InChI=1S/C23H20N4O2S2/c1-14-7-9-16(10-8-14)20-19(22-25-21(26-29-22)18-6-4-12-31-18)15(2)27(23(30)24-20)13-17-5-3-11-28-17/h3-12,20H,13H2,1-2H3,(H,24,30). The highest BCUT2D eigenvalue weighted by molar-refractivity contribution is 7.80. The first-order chi connectivity index (χ1) is 15.1. The average Bonchev–Trinajstić information content (AvgIpc) is 3.54. The van der Waals surface area contributed by atoms with Gasteiger partial charge in [0.1, 0.15) is 5.76 Å². The molecule has 0 bridgehead atoms. The van der Waals surface area contributed by atoms with Gasteiger partial charge in [0, 0.05) is 5.70 Å². The zero-order valence-corrected chi connectivity index (χ0v) is 18.7. The van der Waals surface area contributed by atoms with E-state index < -0.39 is 0 Å². The fraction of sp³-hybridized carbons (Fsp3) is 0.174. The predicted octanol–water partition coefficient (Wildman–Crippen LogP) is 5.56. The van der Waals surface area contributed by atoms with Crippen molar-refractivity contribution >= 4 is 34.2 Å². The fourth-order valence-corrected chi connectivity index (χ4v) is 4.62. The minimum atomic E-state index is -0.197. The summed E-state index contributed by atoms with van der Waals surface area (Å²) in [6.45, 7) is 4.61. The molecule has 0 spiro atoms. The van der Waals surface area contributed by atoms with Crippen LogP contribution in [0.25, 0.3) is 16.3 Å². The van der Waals surface area contributed by atoms with E-state index >= 15 is 0 Å². The normalized spacial score (nSPS) is 16.6. The summed E-state index contributed by atoms with van der Waals surface area (Å²) in [7, 11) is 0. The summed E-state index contributed by atoms with van der Waals surface area (Å²) < 4.78 is 11.3. The molecule has 0 saturated carbocycles. The Morgan fingerprint density at radius 1 is 1.13 bits per heavy atom. The lowest BCUT2D eigenvalue weighted by atomic mass is 9.94. The second-order valence-electron chi connectivity index (χ2n) is 7.36. The van der Waals surface area contributed by atoms with Crippen molar-refractivity contribution < 1.29 is 8.94 Å². The van der Waals surface area contributed by atoms with Crippen LogP contribution in [0.2, 0.25) is 0 Å². The first kappa shape index (κ1) is 19.7. The van der Waals surface area contributed by atoms with Crippen LogP contribution >= 0.6 is 23.6 Å². The maximum atomic E-state index is 5.75. The van der Waals surface area contributed by atoms with E-state index in [0.717, 1.165) is 27.5 Å². The van der Waals surface area contributed by atoms with Crippen molar-refractivity contribution in [2.45, 2.75) is 26.4 Å². The van der Waals surface area contributed by atoms with E-state index in [1.54, 1.807) is 17.6 Å². The van der Waals surface area contributed by atoms with Gasteiger partial charge in [0.05, 0.1) is 29.3 Å². The van der Waals surface area contributed by atoms with Crippen molar-refractivity contribution in [2.75, 3.05) is 0 Å². The molecule has 8 heteroatoms. The van der Waals surface area contributed by atoms with Crippen LogP contribution in [-0.2, 0) is 6.54 Å². The molecule has 5 rings (SSSR count). The van der Waals surface area contributed by atoms with Gasteiger partial charge in [0.2, 0.25) is 5.82 Å². The molecule has 0 fully saturated rings. The van der Waals surface area contributed by atoms with Crippen LogP contribution in [0.4, 0.5) is 0 Å². The van der Waals surface area contributed by atoms with Crippen LogP contribution in [0.3, 0.4) is 0 Å². The SMILES string of the molecule is CC1=C(c2nc(-c3cccs3)no2)C(c2ccc(C)cc2)NC(=S)N1Cc1ccco1. The highest BCUT2D eigenvalue weighted by Crippen LogP contribution is 2.38. The third kappa shape index (κ3) is 3.80. The minimum Gasteiger partial charge on any atom is -0.467 e. The lowest BCUT2D eigenvalue weighted by molar-refractivity contribution is 0.383. The highest BCUT2D eigenvalue weighted by Gasteiger charge is 2.34. The lowest BCUT2D eigenvalue weighted by Crippen LogP contribution is -2.45. The van der Waals surface area contributed by atoms with Crippen molar-refractivity contribution in [3.05, 3.63) is 88.6 Å². The van der Waals surface area contributed by atoms with Gasteiger partial charge in [0.25, 0.3) is 5.89 Å².